The van der Waals surface area contributed by atoms with Crippen LogP contribution >= 0.6 is 0 Å². The first-order valence-corrected chi connectivity index (χ1v) is 21.3. The van der Waals surface area contributed by atoms with Crippen molar-refractivity contribution in [2.75, 3.05) is 9.80 Å². The number of carbonyl (C=O) groups is 1. The smallest absolute Gasteiger partial charge is 0.338 e. The van der Waals surface area contributed by atoms with Gasteiger partial charge >= 0.3 is 6.03 Å². The average molecular weight is 788 g/mol. The van der Waals surface area contributed by atoms with Crippen LogP contribution in [0.4, 0.5) is 27.5 Å². The van der Waals surface area contributed by atoms with Crippen molar-refractivity contribution in [2.45, 2.75) is 0 Å². The lowest BCUT2D eigenvalue weighted by Crippen LogP contribution is -2.64. The third kappa shape index (κ3) is 4.08. The lowest BCUT2D eigenvalue weighted by Gasteiger charge is -2.46. The van der Waals surface area contributed by atoms with Crippen molar-refractivity contribution in [3.05, 3.63) is 182 Å². The first kappa shape index (κ1) is 32.8. The third-order valence-electron chi connectivity index (χ3n) is 14.1. The minimum absolute atomic E-state index is 0.103. The van der Waals surface area contributed by atoms with Crippen LogP contribution in [0.1, 0.15) is 0 Å². The van der Waals surface area contributed by atoms with E-state index in [2.05, 4.69) is 158 Å². The zero-order chi connectivity index (χ0) is 40.4. The number of carbonyl (C=O) groups excluding carboxylic acids is 1. The van der Waals surface area contributed by atoms with Crippen LogP contribution in [0.25, 0.3) is 76.2 Å². The van der Waals surface area contributed by atoms with Crippen molar-refractivity contribution in [1.82, 2.24) is 0 Å². The van der Waals surface area contributed by atoms with Gasteiger partial charge in [-0.3, -0.25) is 9.80 Å². The average Bonchev–Trinajstić information content (AvgIpc) is 3.87. The number of hydrogen-bond donors (Lipinski definition) is 0. The van der Waals surface area contributed by atoms with Crippen molar-refractivity contribution in [3.63, 3.8) is 0 Å². The van der Waals surface area contributed by atoms with E-state index in [-0.39, 0.29) is 19.5 Å². The second-order valence-corrected chi connectivity index (χ2v) is 17.1. The maximum absolute atomic E-state index is 16.3. The Morgan fingerprint density at radius 1 is 0.339 bits per heavy atom. The quantitative estimate of drug-likeness (QED) is 0.164. The van der Waals surface area contributed by atoms with Crippen LogP contribution in [0.3, 0.4) is 0 Å². The number of nitrogens with zero attached hydrogens (tertiary/aromatic N) is 2. The molecule has 7 heteroatoms. The summed E-state index contributed by atoms with van der Waals surface area (Å²) in [4.78, 5) is 20.3. The maximum Gasteiger partial charge on any atom is 0.338 e. The van der Waals surface area contributed by atoms with Gasteiger partial charge in [0.05, 0.1) is 11.4 Å². The number of hydrogen-bond acceptors (Lipinski definition) is 3. The SMILES string of the molecule is O=C1N2c3cc4c(cc3B(c3cccc5ccccc35)c3ccc5ccc6c(c5c32)N1c1cc2c(cc1B6c1cccc3ccccc13)oc1ccccc12)oc1ccccc14. The zero-order valence-corrected chi connectivity index (χ0v) is 33.1. The summed E-state index contributed by atoms with van der Waals surface area (Å²) in [5, 5.41) is 10.9. The molecule has 0 aliphatic carbocycles. The molecule has 0 saturated heterocycles. The zero-order valence-electron chi connectivity index (χ0n) is 33.1. The molecule has 15 rings (SSSR count). The molecule has 3 aliphatic heterocycles. The molecular weight excluding hydrogens is 758 g/mol. The first-order chi connectivity index (χ1) is 30.7. The molecule has 3 aliphatic rings. The summed E-state index contributed by atoms with van der Waals surface area (Å²) in [5.41, 5.74) is 13.6. The molecule has 0 bridgehead atoms. The van der Waals surface area contributed by atoms with E-state index in [0.29, 0.717) is 0 Å². The van der Waals surface area contributed by atoms with E-state index in [1.165, 1.54) is 32.5 Å². The summed E-state index contributed by atoms with van der Waals surface area (Å²) >= 11 is 0. The van der Waals surface area contributed by atoms with Gasteiger partial charge in [0.15, 0.2) is 0 Å². The Morgan fingerprint density at radius 2 is 0.774 bits per heavy atom. The van der Waals surface area contributed by atoms with E-state index in [1.54, 1.807) is 0 Å². The van der Waals surface area contributed by atoms with Crippen LogP contribution in [-0.2, 0) is 0 Å². The minimum atomic E-state index is -0.179. The predicted octanol–water partition coefficient (Wildman–Crippen LogP) is 10.0. The summed E-state index contributed by atoms with van der Waals surface area (Å²) in [6.45, 7) is -0.359. The molecule has 62 heavy (non-hydrogen) atoms. The van der Waals surface area contributed by atoms with Crippen LogP contribution in [0, 0.1) is 0 Å². The molecule has 0 atom stereocenters. The number of urea groups is 1. The monoisotopic (exact) mass is 788 g/mol. The summed E-state index contributed by atoms with van der Waals surface area (Å²) in [7, 11) is 0. The fraction of sp³-hybridized carbons (Fsp3) is 0. The van der Waals surface area contributed by atoms with Crippen LogP contribution in [0.2, 0.25) is 0 Å². The Kier molecular flexibility index (Phi) is 6.15. The number of fused-ring (bicyclic) bond motifs is 12. The fourth-order valence-corrected chi connectivity index (χ4v) is 11.5. The number of para-hydroxylation sites is 2. The Hall–Kier alpha value is -8.02. The highest BCUT2D eigenvalue weighted by Crippen LogP contribution is 2.49. The van der Waals surface area contributed by atoms with Gasteiger partial charge in [0.25, 0.3) is 0 Å². The minimum Gasteiger partial charge on any atom is -0.456 e. The Labute approximate surface area is 355 Å². The van der Waals surface area contributed by atoms with Crippen LogP contribution in [-0.4, -0.2) is 19.5 Å². The number of furan rings is 2. The fourth-order valence-electron chi connectivity index (χ4n) is 11.5. The molecule has 0 spiro atoms. The molecule has 0 saturated carbocycles. The molecule has 0 unspecified atom stereocenters. The van der Waals surface area contributed by atoms with Crippen molar-refractivity contribution in [1.29, 1.82) is 0 Å². The molecule has 5 heterocycles. The molecule has 0 N–H and O–H groups in total. The highest BCUT2D eigenvalue weighted by molar-refractivity contribution is 7.01. The Morgan fingerprint density at radius 3 is 1.27 bits per heavy atom. The molecule has 5 nitrogen and oxygen atoms in total. The molecule has 12 aromatic rings. The Bertz CT molecular complexity index is 3750. The molecule has 0 radical (unpaired) electrons. The van der Waals surface area contributed by atoms with Gasteiger partial charge in [-0.2, -0.15) is 0 Å². The van der Waals surface area contributed by atoms with E-state index in [1.807, 2.05) is 34.1 Å². The van der Waals surface area contributed by atoms with Gasteiger partial charge in [-0.15, -0.1) is 0 Å². The van der Waals surface area contributed by atoms with Crippen LogP contribution < -0.4 is 42.6 Å². The molecule has 0 fully saturated rings. The number of benzene rings is 10. The van der Waals surface area contributed by atoms with Gasteiger partial charge < -0.3 is 8.83 Å². The van der Waals surface area contributed by atoms with Crippen LogP contribution in [0.5, 0.6) is 0 Å². The first-order valence-electron chi connectivity index (χ1n) is 21.3. The van der Waals surface area contributed by atoms with Crippen molar-refractivity contribution >= 4 is 151 Å². The lowest BCUT2D eigenvalue weighted by atomic mass is 9.33. The molecule has 2 amide bonds. The van der Waals surface area contributed by atoms with E-state index in [4.69, 9.17) is 8.83 Å². The van der Waals surface area contributed by atoms with Crippen LogP contribution in [0.15, 0.2) is 191 Å². The summed E-state index contributed by atoms with van der Waals surface area (Å²) in [6.07, 6.45) is 0. The van der Waals surface area contributed by atoms with E-state index in [9.17, 15) is 0 Å². The van der Waals surface area contributed by atoms with E-state index < -0.39 is 0 Å². The molecule has 10 aromatic carbocycles. The van der Waals surface area contributed by atoms with Gasteiger partial charge in [-0.1, -0.05) is 157 Å². The van der Waals surface area contributed by atoms with Gasteiger partial charge in [0.1, 0.15) is 22.3 Å². The molecule has 2 aromatic heterocycles. The standard InChI is InChI=1S/C55H30B2N2O3/c60-55-58-46-27-38-36-17-5-7-21-48(36)61-50(38)29-44(46)56(40-19-9-13-31-11-1-3-15-34(31)40)42-25-23-33-24-26-43-54(52(33)53(42)58)59(55)47-28-39-37-18-6-8-22-49(37)62-51(39)30-45(47)57(43)41-20-10-14-32-12-2-4-16-35(32)41/h1-30H. The lowest BCUT2D eigenvalue weighted by molar-refractivity contribution is 0.255. The van der Waals surface area contributed by atoms with Crippen molar-refractivity contribution in [2.24, 2.45) is 0 Å². The number of anilines is 4. The van der Waals surface area contributed by atoms with Gasteiger partial charge in [-0.05, 0) is 85.2 Å². The number of rotatable bonds is 2. The van der Waals surface area contributed by atoms with Gasteiger partial charge in [-0.25, -0.2) is 4.79 Å². The van der Waals surface area contributed by atoms with E-state index >= 15 is 4.79 Å². The maximum atomic E-state index is 16.3. The third-order valence-corrected chi connectivity index (χ3v) is 14.1. The van der Waals surface area contributed by atoms with Gasteiger partial charge in [0.2, 0.25) is 13.4 Å². The second kappa shape index (κ2) is 11.6. The second-order valence-electron chi connectivity index (χ2n) is 17.1. The largest absolute Gasteiger partial charge is 0.456 e. The molecular formula is C55H30B2N2O3. The Balaban J connectivity index is 1.11. The summed E-state index contributed by atoms with van der Waals surface area (Å²) in [5.74, 6) is 0. The summed E-state index contributed by atoms with van der Waals surface area (Å²) in [6, 6.07) is 64.6. The number of amides is 2. The van der Waals surface area contributed by atoms with Crippen molar-refractivity contribution < 1.29 is 13.6 Å². The molecule has 284 valence electrons. The highest BCUT2D eigenvalue weighted by atomic mass is 16.3. The van der Waals surface area contributed by atoms with Crippen molar-refractivity contribution in [3.8, 4) is 0 Å². The highest BCUT2D eigenvalue weighted by Gasteiger charge is 2.49. The normalized spacial score (nSPS) is 14.0. The topological polar surface area (TPSA) is 49.8 Å². The summed E-state index contributed by atoms with van der Waals surface area (Å²) < 4.78 is 13.2. The predicted molar refractivity (Wildman–Crippen MR) is 258 cm³/mol. The van der Waals surface area contributed by atoms with Gasteiger partial charge in [0, 0.05) is 38.3 Å². The van der Waals surface area contributed by atoms with E-state index in [0.717, 1.165) is 99.3 Å².